The van der Waals surface area contributed by atoms with Crippen molar-refractivity contribution < 1.29 is 19.0 Å². The summed E-state index contributed by atoms with van der Waals surface area (Å²) >= 11 is 1.37. The van der Waals surface area contributed by atoms with Gasteiger partial charge in [-0.1, -0.05) is 17.4 Å². The number of hydrogen-bond donors (Lipinski definition) is 0. The summed E-state index contributed by atoms with van der Waals surface area (Å²) in [5, 5.41) is 0.532. The van der Waals surface area contributed by atoms with Gasteiger partial charge in [0.15, 0.2) is 5.13 Å². The van der Waals surface area contributed by atoms with Crippen molar-refractivity contribution in [2.75, 3.05) is 26.2 Å². The maximum Gasteiger partial charge on any atom is 0.260 e. The van der Waals surface area contributed by atoms with E-state index in [0.29, 0.717) is 33.5 Å². The predicted molar refractivity (Wildman–Crippen MR) is 120 cm³/mol. The number of carbonyl (C=O) groups is 1. The highest BCUT2D eigenvalue weighted by Gasteiger charge is 2.24. The molecule has 2 heterocycles. The molecule has 0 spiro atoms. The topological polar surface area (TPSA) is 73.8 Å². The van der Waals surface area contributed by atoms with Crippen LogP contribution >= 0.6 is 11.3 Å². The van der Waals surface area contributed by atoms with E-state index in [4.69, 9.17) is 19.2 Å². The number of benzene rings is 2. The molecule has 2 aromatic carbocycles. The fourth-order valence-corrected chi connectivity index (χ4v) is 4.23. The van der Waals surface area contributed by atoms with Gasteiger partial charge in [0.2, 0.25) is 0 Å². The fraction of sp³-hybridized carbons (Fsp3) is 0.174. The molecule has 4 aromatic rings. The van der Waals surface area contributed by atoms with Gasteiger partial charge >= 0.3 is 0 Å². The number of amides is 1. The van der Waals surface area contributed by atoms with Crippen LogP contribution in [-0.4, -0.2) is 37.2 Å². The molecule has 0 N–H and O–H groups in total. The van der Waals surface area contributed by atoms with Crippen molar-refractivity contribution >= 4 is 32.6 Å². The number of carbonyl (C=O) groups excluding carboxylic acids is 1. The minimum Gasteiger partial charge on any atom is -0.497 e. The molecule has 7 nitrogen and oxygen atoms in total. The largest absolute Gasteiger partial charge is 0.497 e. The first-order chi connectivity index (χ1) is 15.1. The molecule has 0 bridgehead atoms. The summed E-state index contributed by atoms with van der Waals surface area (Å²) in [5.41, 5.74) is 1.92. The predicted octanol–water partition coefficient (Wildman–Crippen LogP) is 4.56. The molecule has 1 amide bonds. The Balaban J connectivity index is 1.81. The SMILES string of the molecule is COc1ccc(C(=O)N(Cc2ccccn2)c2nc3c(OC)ccc(OC)c3s2)cc1. The van der Waals surface area contributed by atoms with Crippen LogP contribution in [0.3, 0.4) is 0 Å². The van der Waals surface area contributed by atoms with E-state index < -0.39 is 0 Å². The number of rotatable bonds is 7. The Hall–Kier alpha value is -3.65. The maximum atomic E-state index is 13.5. The third kappa shape index (κ3) is 4.15. The Bertz CT molecular complexity index is 1150. The number of ether oxygens (including phenoxy) is 3. The van der Waals surface area contributed by atoms with E-state index in [-0.39, 0.29) is 12.5 Å². The van der Waals surface area contributed by atoms with E-state index in [1.165, 1.54) is 11.3 Å². The van der Waals surface area contributed by atoms with Crippen molar-refractivity contribution in [2.24, 2.45) is 0 Å². The van der Waals surface area contributed by atoms with Crippen LogP contribution in [0, 0.1) is 0 Å². The van der Waals surface area contributed by atoms with Gasteiger partial charge in [0.25, 0.3) is 5.91 Å². The molecule has 2 aromatic heterocycles. The Morgan fingerprint density at radius 3 is 2.32 bits per heavy atom. The van der Waals surface area contributed by atoms with E-state index in [2.05, 4.69) is 4.98 Å². The van der Waals surface area contributed by atoms with Crippen LogP contribution in [0.15, 0.2) is 60.8 Å². The average Bonchev–Trinajstić information content (AvgIpc) is 3.27. The van der Waals surface area contributed by atoms with Gasteiger partial charge in [-0.25, -0.2) is 4.98 Å². The first-order valence-corrected chi connectivity index (χ1v) is 10.3. The first-order valence-electron chi connectivity index (χ1n) is 9.52. The smallest absolute Gasteiger partial charge is 0.260 e. The lowest BCUT2D eigenvalue weighted by atomic mass is 10.2. The molecule has 4 rings (SSSR count). The maximum absolute atomic E-state index is 13.5. The second-order valence-corrected chi connectivity index (χ2v) is 7.56. The van der Waals surface area contributed by atoms with Crippen molar-refractivity contribution in [1.29, 1.82) is 0 Å². The Morgan fingerprint density at radius 2 is 1.68 bits per heavy atom. The Morgan fingerprint density at radius 1 is 0.935 bits per heavy atom. The summed E-state index contributed by atoms with van der Waals surface area (Å²) in [6.45, 7) is 0.274. The van der Waals surface area contributed by atoms with Gasteiger partial charge in [-0.05, 0) is 48.5 Å². The summed E-state index contributed by atoms with van der Waals surface area (Å²) in [7, 11) is 4.79. The van der Waals surface area contributed by atoms with Crippen LogP contribution in [0.2, 0.25) is 0 Å². The van der Waals surface area contributed by atoms with Crippen LogP contribution in [0.4, 0.5) is 5.13 Å². The van der Waals surface area contributed by atoms with Crippen molar-refractivity contribution in [3.63, 3.8) is 0 Å². The van der Waals surface area contributed by atoms with Gasteiger partial charge in [-0.3, -0.25) is 14.7 Å². The molecule has 0 radical (unpaired) electrons. The average molecular weight is 436 g/mol. The molecule has 0 saturated carbocycles. The Kier molecular flexibility index (Phi) is 5.99. The van der Waals surface area contributed by atoms with Crippen molar-refractivity contribution in [3.8, 4) is 17.2 Å². The minimum atomic E-state index is -0.190. The fourth-order valence-electron chi connectivity index (χ4n) is 3.16. The number of pyridine rings is 1. The third-order valence-corrected chi connectivity index (χ3v) is 5.85. The molecule has 0 fully saturated rings. The summed E-state index contributed by atoms with van der Waals surface area (Å²) in [4.78, 5) is 24.2. The van der Waals surface area contributed by atoms with Gasteiger partial charge in [0.05, 0.1) is 33.6 Å². The van der Waals surface area contributed by atoms with Crippen molar-refractivity contribution in [1.82, 2.24) is 9.97 Å². The first kappa shape index (κ1) is 20.6. The normalized spacial score (nSPS) is 10.7. The van der Waals surface area contributed by atoms with Gasteiger partial charge in [0.1, 0.15) is 27.5 Å². The van der Waals surface area contributed by atoms with Crippen LogP contribution in [0.5, 0.6) is 17.2 Å². The summed E-state index contributed by atoms with van der Waals surface area (Å²) in [6.07, 6.45) is 1.70. The zero-order chi connectivity index (χ0) is 21.8. The highest BCUT2D eigenvalue weighted by molar-refractivity contribution is 7.22. The Labute approximate surface area is 183 Å². The van der Waals surface area contributed by atoms with E-state index >= 15 is 0 Å². The lowest BCUT2D eigenvalue weighted by Crippen LogP contribution is -2.30. The third-order valence-electron chi connectivity index (χ3n) is 4.76. The molecule has 0 atom stereocenters. The molecule has 0 aliphatic heterocycles. The number of methoxy groups -OCH3 is 3. The number of nitrogens with zero attached hydrogens (tertiary/aromatic N) is 3. The zero-order valence-corrected chi connectivity index (χ0v) is 18.2. The monoisotopic (exact) mass is 435 g/mol. The van der Waals surface area contributed by atoms with Gasteiger partial charge in [-0.15, -0.1) is 0 Å². The molecule has 0 unspecified atom stereocenters. The summed E-state index contributed by atoms with van der Waals surface area (Å²) < 4.78 is 17.0. The lowest BCUT2D eigenvalue weighted by molar-refractivity contribution is 0.0984. The zero-order valence-electron chi connectivity index (χ0n) is 17.4. The standard InChI is InChI=1S/C23H21N3O4S/c1-28-17-9-7-15(8-10-17)22(27)26(14-16-6-4-5-13-24-16)23-25-20-18(29-2)11-12-19(30-3)21(20)31-23/h4-13H,14H2,1-3H3. The number of aromatic nitrogens is 2. The second kappa shape index (κ2) is 9.01. The number of anilines is 1. The summed E-state index contributed by atoms with van der Waals surface area (Å²) in [6, 6.07) is 16.2. The van der Waals surface area contributed by atoms with E-state index in [9.17, 15) is 4.79 Å². The molecule has 0 saturated heterocycles. The molecular weight excluding hydrogens is 414 g/mol. The number of fused-ring (bicyclic) bond motifs is 1. The molecule has 8 heteroatoms. The minimum absolute atomic E-state index is 0.190. The van der Waals surface area contributed by atoms with Crippen molar-refractivity contribution in [2.45, 2.75) is 6.54 Å². The van der Waals surface area contributed by atoms with Crippen molar-refractivity contribution in [3.05, 3.63) is 72.1 Å². The number of hydrogen-bond acceptors (Lipinski definition) is 7. The lowest BCUT2D eigenvalue weighted by Gasteiger charge is -2.19. The molecular formula is C23H21N3O4S. The number of thiazole rings is 1. The molecule has 0 aliphatic carbocycles. The quantitative estimate of drug-likeness (QED) is 0.424. The summed E-state index contributed by atoms with van der Waals surface area (Å²) in [5.74, 6) is 1.79. The second-order valence-electron chi connectivity index (χ2n) is 6.59. The molecule has 158 valence electrons. The molecule has 31 heavy (non-hydrogen) atoms. The van der Waals surface area contributed by atoms with Crippen LogP contribution in [0.25, 0.3) is 10.2 Å². The van der Waals surface area contributed by atoms with Crippen LogP contribution < -0.4 is 19.1 Å². The highest BCUT2D eigenvalue weighted by Crippen LogP contribution is 2.40. The highest BCUT2D eigenvalue weighted by atomic mass is 32.1. The van der Waals surface area contributed by atoms with Gasteiger partial charge < -0.3 is 14.2 Å². The molecule has 0 aliphatic rings. The van der Waals surface area contributed by atoms with Crippen LogP contribution in [0.1, 0.15) is 16.1 Å². The van der Waals surface area contributed by atoms with Gasteiger partial charge in [-0.2, -0.15) is 0 Å². The van der Waals surface area contributed by atoms with E-state index in [1.807, 2.05) is 24.3 Å². The van der Waals surface area contributed by atoms with E-state index in [1.54, 1.807) is 62.8 Å². The van der Waals surface area contributed by atoms with Crippen LogP contribution in [-0.2, 0) is 6.54 Å². The van der Waals surface area contributed by atoms with E-state index in [0.717, 1.165) is 10.4 Å². The van der Waals surface area contributed by atoms with Gasteiger partial charge in [0, 0.05) is 11.8 Å².